The first-order valence-electron chi connectivity index (χ1n) is 6.12. The minimum atomic E-state index is -0.886. The molecule has 21 heavy (non-hydrogen) atoms. The Morgan fingerprint density at radius 2 is 1.67 bits per heavy atom. The lowest BCUT2D eigenvalue weighted by atomic mass is 10.0. The van der Waals surface area contributed by atoms with Crippen molar-refractivity contribution in [3.8, 4) is 0 Å². The summed E-state index contributed by atoms with van der Waals surface area (Å²) in [6, 6.07) is 4.76. The molecule has 0 spiro atoms. The number of ketones is 2. The molecule has 0 aliphatic heterocycles. The number of hydrogen-bond acceptors (Lipinski definition) is 5. The highest BCUT2D eigenvalue weighted by atomic mass is 32.2. The van der Waals surface area contributed by atoms with E-state index in [0.29, 0.717) is 26.9 Å². The number of aliphatic carboxylic acids is 1. The van der Waals surface area contributed by atoms with Crippen LogP contribution in [-0.4, -0.2) is 32.7 Å². The molecule has 0 bridgehead atoms. The van der Waals surface area contributed by atoms with Gasteiger partial charge in [-0.2, -0.15) is 0 Å². The second-order valence-corrected chi connectivity index (χ2v) is 6.09. The maximum Gasteiger partial charge on any atom is 0.304 e. The van der Waals surface area contributed by atoms with Crippen LogP contribution in [0.5, 0.6) is 0 Å². The highest BCUT2D eigenvalue weighted by Gasteiger charge is 2.09. The minimum Gasteiger partial charge on any atom is -0.481 e. The Morgan fingerprint density at radius 1 is 1.14 bits per heavy atom. The lowest BCUT2D eigenvalue weighted by Crippen LogP contribution is -2.09. The zero-order valence-electron chi connectivity index (χ0n) is 11.6. The molecule has 0 radical (unpaired) electrons. The normalized spacial score (nSPS) is 10.0. The van der Waals surface area contributed by atoms with E-state index in [4.69, 9.17) is 17.3 Å². The number of thioether (sulfide) groups is 1. The van der Waals surface area contributed by atoms with Crippen LogP contribution in [0.3, 0.4) is 0 Å². The van der Waals surface area contributed by atoms with E-state index in [9.17, 15) is 14.4 Å². The molecule has 0 amide bonds. The van der Waals surface area contributed by atoms with Crippen molar-refractivity contribution in [3.63, 3.8) is 0 Å². The van der Waals surface area contributed by atoms with E-state index in [0.717, 1.165) is 0 Å². The maximum absolute atomic E-state index is 11.5. The summed E-state index contributed by atoms with van der Waals surface area (Å²) < 4.78 is 0.395. The number of Topliss-reactive ketones (excluding diaryl/α,β-unsaturated/α-hetero) is 2. The summed E-state index contributed by atoms with van der Waals surface area (Å²) in [4.78, 5) is 33.4. The largest absolute Gasteiger partial charge is 0.481 e. The van der Waals surface area contributed by atoms with Crippen LogP contribution in [0, 0.1) is 0 Å². The molecule has 112 valence electrons. The monoisotopic (exact) mass is 325 g/mol. The van der Waals surface area contributed by atoms with Gasteiger partial charge in [-0.15, -0.1) is 0 Å². The number of carbonyl (C=O) groups excluding carboxylic acids is 2. The molecule has 0 aliphatic rings. The Kier molecular flexibility index (Phi) is 6.51. The van der Waals surface area contributed by atoms with Crippen LogP contribution in [-0.2, 0) is 4.79 Å². The summed E-state index contributed by atoms with van der Waals surface area (Å²) in [5.74, 6) is -0.827. The van der Waals surface area contributed by atoms with E-state index in [1.54, 1.807) is 12.1 Å². The quantitative estimate of drug-likeness (QED) is 0.614. The molecule has 5 nitrogen and oxygen atoms in total. The molecule has 0 aromatic heterocycles. The molecule has 0 fully saturated rings. The third-order valence-electron chi connectivity index (χ3n) is 2.54. The minimum absolute atomic E-state index is 0.0126. The summed E-state index contributed by atoms with van der Waals surface area (Å²) >= 11 is 6.29. The van der Waals surface area contributed by atoms with Gasteiger partial charge in [-0.05, 0) is 32.0 Å². The van der Waals surface area contributed by atoms with Crippen LogP contribution >= 0.6 is 24.0 Å². The Labute approximate surface area is 132 Å². The fourth-order valence-corrected chi connectivity index (χ4v) is 2.51. The zero-order valence-corrected chi connectivity index (χ0v) is 13.3. The second kappa shape index (κ2) is 7.90. The van der Waals surface area contributed by atoms with Crippen molar-refractivity contribution < 1.29 is 19.5 Å². The van der Waals surface area contributed by atoms with Crippen molar-refractivity contribution in [1.82, 2.24) is 0 Å². The molecule has 0 unspecified atom stereocenters. The summed E-state index contributed by atoms with van der Waals surface area (Å²) in [5.41, 5.74) is 1.38. The Hall–Kier alpha value is -1.73. The maximum atomic E-state index is 11.5. The van der Waals surface area contributed by atoms with Crippen LogP contribution in [0.15, 0.2) is 18.2 Å². The Morgan fingerprint density at radius 3 is 2.10 bits per heavy atom. The van der Waals surface area contributed by atoms with E-state index in [2.05, 4.69) is 5.32 Å². The van der Waals surface area contributed by atoms with Crippen LogP contribution < -0.4 is 5.32 Å². The summed E-state index contributed by atoms with van der Waals surface area (Å²) in [6.07, 6.45) is 0.0126. The highest BCUT2D eigenvalue weighted by molar-refractivity contribution is 8.23. The van der Waals surface area contributed by atoms with Crippen molar-refractivity contribution >= 4 is 51.5 Å². The average molecular weight is 325 g/mol. The number of anilines is 1. The molecule has 1 aromatic carbocycles. The van der Waals surface area contributed by atoms with Crippen molar-refractivity contribution in [2.75, 3.05) is 11.1 Å². The van der Waals surface area contributed by atoms with Crippen molar-refractivity contribution in [2.24, 2.45) is 0 Å². The topological polar surface area (TPSA) is 83.5 Å². The van der Waals surface area contributed by atoms with Crippen molar-refractivity contribution in [1.29, 1.82) is 0 Å². The van der Waals surface area contributed by atoms with E-state index in [1.165, 1.54) is 31.7 Å². The van der Waals surface area contributed by atoms with Gasteiger partial charge in [0.05, 0.1) is 6.42 Å². The van der Waals surface area contributed by atoms with Crippen molar-refractivity contribution in [3.05, 3.63) is 29.3 Å². The molecule has 7 heteroatoms. The summed E-state index contributed by atoms with van der Waals surface area (Å²) in [7, 11) is 0. The molecule has 0 heterocycles. The number of benzene rings is 1. The molecule has 2 N–H and O–H groups in total. The number of rotatable bonds is 6. The molecular weight excluding hydrogens is 310 g/mol. The molecule has 0 aliphatic carbocycles. The van der Waals surface area contributed by atoms with Crippen LogP contribution in [0.4, 0.5) is 5.69 Å². The van der Waals surface area contributed by atoms with Crippen LogP contribution in [0.2, 0.25) is 0 Å². The van der Waals surface area contributed by atoms with Crippen molar-refractivity contribution in [2.45, 2.75) is 20.3 Å². The number of hydrogen-bond donors (Lipinski definition) is 2. The average Bonchev–Trinajstić information content (AvgIpc) is 2.37. The molecule has 0 saturated carbocycles. The van der Waals surface area contributed by atoms with Gasteiger partial charge in [0.2, 0.25) is 0 Å². The summed E-state index contributed by atoms with van der Waals surface area (Å²) in [6.45, 7) is 2.84. The molecule has 1 aromatic rings. The van der Waals surface area contributed by atoms with Crippen LogP contribution in [0.25, 0.3) is 0 Å². The van der Waals surface area contributed by atoms with E-state index in [1.807, 2.05) is 0 Å². The van der Waals surface area contributed by atoms with Gasteiger partial charge < -0.3 is 10.4 Å². The lowest BCUT2D eigenvalue weighted by molar-refractivity contribution is -0.136. The first-order valence-corrected chi connectivity index (χ1v) is 7.51. The molecule has 0 saturated heterocycles. The SMILES string of the molecule is CC(=O)c1cc(NC(=S)SCCC(=O)O)cc(C(C)=O)c1. The predicted octanol–water partition coefficient (Wildman–Crippen LogP) is 3.00. The van der Waals surface area contributed by atoms with Gasteiger partial charge >= 0.3 is 5.97 Å². The Bertz CT molecular complexity index is 566. The van der Waals surface area contributed by atoms with Gasteiger partial charge in [-0.1, -0.05) is 24.0 Å². The fraction of sp³-hybridized carbons (Fsp3) is 0.286. The molecule has 1 rings (SSSR count). The zero-order chi connectivity index (χ0) is 16.0. The second-order valence-electron chi connectivity index (χ2n) is 4.32. The number of thiocarbonyl (C=S) groups is 1. The fourth-order valence-electron chi connectivity index (χ4n) is 1.49. The number of carboxylic acids is 1. The third-order valence-corrected chi connectivity index (χ3v) is 3.77. The van der Waals surface area contributed by atoms with Crippen LogP contribution in [0.1, 0.15) is 41.0 Å². The number of nitrogens with one attached hydrogen (secondary N) is 1. The standard InChI is InChI=1S/C14H15NO4S2/c1-8(16)10-5-11(9(2)17)7-12(6-10)15-14(20)21-4-3-13(18)19/h5-7H,3-4H2,1-2H3,(H,15,20)(H,18,19). The van der Waals surface area contributed by atoms with Gasteiger partial charge in [-0.3, -0.25) is 14.4 Å². The lowest BCUT2D eigenvalue weighted by Gasteiger charge is -2.10. The predicted molar refractivity (Wildman–Crippen MR) is 87.4 cm³/mol. The molecular formula is C14H15NO4S2. The van der Waals surface area contributed by atoms with Gasteiger partial charge in [-0.25, -0.2) is 0 Å². The van der Waals surface area contributed by atoms with Gasteiger partial charge in [0.25, 0.3) is 0 Å². The van der Waals surface area contributed by atoms with E-state index in [-0.39, 0.29) is 18.0 Å². The van der Waals surface area contributed by atoms with Gasteiger partial charge in [0, 0.05) is 22.6 Å². The number of carbonyl (C=O) groups is 3. The van der Waals surface area contributed by atoms with E-state index >= 15 is 0 Å². The van der Waals surface area contributed by atoms with Gasteiger partial charge in [0.15, 0.2) is 11.6 Å². The Balaban J connectivity index is 2.82. The van der Waals surface area contributed by atoms with E-state index < -0.39 is 5.97 Å². The number of carboxylic acid groups (broad SMARTS) is 1. The van der Waals surface area contributed by atoms with Gasteiger partial charge in [0.1, 0.15) is 4.32 Å². The third kappa shape index (κ3) is 6.05. The summed E-state index contributed by atoms with van der Waals surface area (Å²) in [5, 5.41) is 11.5. The first-order chi connectivity index (χ1) is 9.79. The smallest absolute Gasteiger partial charge is 0.304 e. The highest BCUT2D eigenvalue weighted by Crippen LogP contribution is 2.18. The molecule has 0 atom stereocenters. The first kappa shape index (κ1) is 17.3.